The van der Waals surface area contributed by atoms with E-state index in [0.717, 1.165) is 10.6 Å². The van der Waals surface area contributed by atoms with Crippen molar-refractivity contribution in [1.29, 1.82) is 0 Å². The van der Waals surface area contributed by atoms with Gasteiger partial charge in [-0.1, -0.05) is 0 Å². The Morgan fingerprint density at radius 1 is 1.23 bits per heavy atom. The molecule has 1 aliphatic rings. The molecule has 4 rings (SSSR count). The molecule has 0 saturated carbocycles. The predicted octanol–water partition coefficient (Wildman–Crippen LogP) is 1.76. The zero-order valence-electron chi connectivity index (χ0n) is 16.7. The van der Waals surface area contributed by atoms with Gasteiger partial charge in [0.1, 0.15) is 12.4 Å². The molecule has 0 unspecified atom stereocenters. The SMILES string of the molecule is Cc1cc(F)ccc1S(=O)(=O)N1CCC(n2c(=O)n(CC(=O)O)c3cnccc32)CC1. The highest BCUT2D eigenvalue weighted by Gasteiger charge is 2.32. The third-order valence-corrected chi connectivity index (χ3v) is 7.66. The molecule has 0 bridgehead atoms. The van der Waals surface area contributed by atoms with Crippen LogP contribution in [0.2, 0.25) is 0 Å². The number of pyridine rings is 1. The van der Waals surface area contributed by atoms with Gasteiger partial charge in [0.25, 0.3) is 0 Å². The number of aliphatic carboxylic acids is 1. The molecule has 0 aliphatic carbocycles. The van der Waals surface area contributed by atoms with Crippen molar-refractivity contribution in [2.24, 2.45) is 0 Å². The molecule has 164 valence electrons. The van der Waals surface area contributed by atoms with Crippen molar-refractivity contribution in [3.63, 3.8) is 0 Å². The lowest BCUT2D eigenvalue weighted by molar-refractivity contribution is -0.137. The number of fused-ring (bicyclic) bond motifs is 1. The third kappa shape index (κ3) is 3.74. The van der Waals surface area contributed by atoms with Crippen molar-refractivity contribution in [2.45, 2.75) is 37.2 Å². The Bertz CT molecular complexity index is 1320. The summed E-state index contributed by atoms with van der Waals surface area (Å²) >= 11 is 0. The average molecular weight is 448 g/mol. The fourth-order valence-corrected chi connectivity index (χ4v) is 5.83. The molecule has 2 aromatic heterocycles. The second kappa shape index (κ2) is 7.89. The van der Waals surface area contributed by atoms with Crippen LogP contribution in [-0.4, -0.2) is 51.0 Å². The van der Waals surface area contributed by atoms with Crippen molar-refractivity contribution < 1.29 is 22.7 Å². The lowest BCUT2D eigenvalue weighted by Crippen LogP contribution is -2.41. The molecule has 3 aromatic rings. The Morgan fingerprint density at radius 2 is 1.94 bits per heavy atom. The largest absolute Gasteiger partial charge is 0.480 e. The molecule has 0 spiro atoms. The molecule has 1 aliphatic heterocycles. The van der Waals surface area contributed by atoms with Crippen LogP contribution in [-0.2, 0) is 21.4 Å². The second-order valence-corrected chi connectivity index (χ2v) is 9.45. The number of carboxylic acids is 1. The highest BCUT2D eigenvalue weighted by molar-refractivity contribution is 7.89. The minimum atomic E-state index is -3.79. The summed E-state index contributed by atoms with van der Waals surface area (Å²) < 4.78 is 43.5. The highest BCUT2D eigenvalue weighted by Crippen LogP contribution is 2.29. The first-order chi connectivity index (χ1) is 14.7. The van der Waals surface area contributed by atoms with Crippen LogP contribution in [0.1, 0.15) is 24.4 Å². The number of nitrogens with zero attached hydrogens (tertiary/aromatic N) is 4. The molecule has 1 saturated heterocycles. The molecule has 31 heavy (non-hydrogen) atoms. The molecule has 1 fully saturated rings. The van der Waals surface area contributed by atoms with E-state index in [1.54, 1.807) is 13.0 Å². The number of imidazole rings is 1. The smallest absolute Gasteiger partial charge is 0.329 e. The van der Waals surface area contributed by atoms with Gasteiger partial charge in [0, 0.05) is 25.3 Å². The summed E-state index contributed by atoms with van der Waals surface area (Å²) in [6, 6.07) is 4.94. The van der Waals surface area contributed by atoms with Crippen molar-refractivity contribution in [2.75, 3.05) is 13.1 Å². The van der Waals surface area contributed by atoms with Crippen LogP contribution < -0.4 is 5.69 Å². The number of aromatic nitrogens is 3. The summed E-state index contributed by atoms with van der Waals surface area (Å²) in [6.45, 7) is 1.44. The molecule has 11 heteroatoms. The standard InChI is InChI=1S/C20H21FN4O5S/c1-13-10-14(21)2-3-18(13)31(29,30)23-8-5-15(6-9-23)25-16-4-7-22-11-17(16)24(20(25)28)12-19(26)27/h2-4,7,10-11,15H,5-6,8-9,12H2,1H3,(H,26,27). The van der Waals surface area contributed by atoms with E-state index in [1.165, 1.54) is 33.4 Å². The fourth-order valence-electron chi connectivity index (χ4n) is 4.15. The minimum Gasteiger partial charge on any atom is -0.480 e. The van der Waals surface area contributed by atoms with E-state index in [2.05, 4.69) is 4.98 Å². The lowest BCUT2D eigenvalue weighted by Gasteiger charge is -2.32. The van der Waals surface area contributed by atoms with E-state index in [4.69, 9.17) is 5.11 Å². The van der Waals surface area contributed by atoms with Gasteiger partial charge < -0.3 is 5.11 Å². The quantitative estimate of drug-likeness (QED) is 0.636. The fraction of sp³-hybridized carbons (Fsp3) is 0.350. The lowest BCUT2D eigenvalue weighted by atomic mass is 10.1. The number of benzene rings is 1. The maximum Gasteiger partial charge on any atom is 0.329 e. The van der Waals surface area contributed by atoms with E-state index >= 15 is 0 Å². The molecule has 0 amide bonds. The Morgan fingerprint density at radius 3 is 2.58 bits per heavy atom. The van der Waals surface area contributed by atoms with Gasteiger partial charge >= 0.3 is 11.7 Å². The number of rotatable bonds is 5. The zero-order chi connectivity index (χ0) is 22.3. The zero-order valence-corrected chi connectivity index (χ0v) is 17.5. The number of carbonyl (C=O) groups is 1. The van der Waals surface area contributed by atoms with Gasteiger partial charge in [-0.25, -0.2) is 17.6 Å². The van der Waals surface area contributed by atoms with Gasteiger partial charge in [0.2, 0.25) is 10.0 Å². The topological polar surface area (TPSA) is 114 Å². The molecule has 0 radical (unpaired) electrons. The first-order valence-corrected chi connectivity index (χ1v) is 11.2. The minimum absolute atomic E-state index is 0.0636. The summed E-state index contributed by atoms with van der Waals surface area (Å²) in [7, 11) is -3.79. The molecule has 1 N–H and O–H groups in total. The summed E-state index contributed by atoms with van der Waals surface area (Å²) in [5.41, 5.74) is 0.868. The first-order valence-electron chi connectivity index (χ1n) is 9.73. The molecule has 0 atom stereocenters. The molecule has 3 heterocycles. The number of aryl methyl sites for hydroxylation is 1. The van der Waals surface area contributed by atoms with Crippen molar-refractivity contribution in [1.82, 2.24) is 18.4 Å². The number of hydrogen-bond acceptors (Lipinski definition) is 5. The summed E-state index contributed by atoms with van der Waals surface area (Å²) in [4.78, 5) is 28.2. The number of hydrogen-bond donors (Lipinski definition) is 1. The van der Waals surface area contributed by atoms with Crippen molar-refractivity contribution >= 4 is 27.0 Å². The summed E-state index contributed by atoms with van der Waals surface area (Å²) in [5.74, 6) is -1.64. The number of sulfonamides is 1. The van der Waals surface area contributed by atoms with Gasteiger partial charge in [-0.2, -0.15) is 4.31 Å². The van der Waals surface area contributed by atoms with Crippen LogP contribution >= 0.6 is 0 Å². The molecule has 1 aromatic carbocycles. The van der Waals surface area contributed by atoms with Crippen molar-refractivity contribution in [3.05, 3.63) is 58.5 Å². The number of halogens is 1. The van der Waals surface area contributed by atoms with Crippen LogP contribution in [0.25, 0.3) is 11.0 Å². The maximum atomic E-state index is 13.4. The Balaban J connectivity index is 1.62. The van der Waals surface area contributed by atoms with Crippen LogP contribution in [0.4, 0.5) is 4.39 Å². The highest BCUT2D eigenvalue weighted by atomic mass is 32.2. The molecular formula is C20H21FN4O5S. The summed E-state index contributed by atoms with van der Waals surface area (Å²) in [6.07, 6.45) is 3.75. The second-order valence-electron chi connectivity index (χ2n) is 7.54. The van der Waals surface area contributed by atoms with Crippen LogP contribution in [0.15, 0.2) is 46.3 Å². The predicted molar refractivity (Wildman–Crippen MR) is 110 cm³/mol. The van der Waals surface area contributed by atoms with Gasteiger partial charge in [-0.3, -0.25) is 18.9 Å². The Labute approximate surface area is 177 Å². The number of piperidine rings is 1. The van der Waals surface area contributed by atoms with Gasteiger partial charge in [0.15, 0.2) is 0 Å². The van der Waals surface area contributed by atoms with Gasteiger partial charge in [-0.05, 0) is 49.6 Å². The molecular weight excluding hydrogens is 427 g/mol. The van der Waals surface area contributed by atoms with E-state index in [0.29, 0.717) is 29.4 Å². The van der Waals surface area contributed by atoms with E-state index in [-0.39, 0.29) is 24.0 Å². The monoisotopic (exact) mass is 448 g/mol. The average Bonchev–Trinajstić information content (AvgIpc) is 2.99. The Hall–Kier alpha value is -3.05. The van der Waals surface area contributed by atoms with E-state index < -0.39 is 34.0 Å². The van der Waals surface area contributed by atoms with Crippen LogP contribution in [0.3, 0.4) is 0 Å². The van der Waals surface area contributed by atoms with Gasteiger partial charge in [-0.15, -0.1) is 0 Å². The maximum absolute atomic E-state index is 13.4. The number of carboxylic acid groups (broad SMARTS) is 1. The Kier molecular flexibility index (Phi) is 5.40. The summed E-state index contributed by atoms with van der Waals surface area (Å²) in [5, 5.41) is 9.16. The van der Waals surface area contributed by atoms with Crippen molar-refractivity contribution in [3.8, 4) is 0 Å². The normalized spacial score (nSPS) is 16.1. The first kappa shape index (κ1) is 21.2. The van der Waals surface area contributed by atoms with E-state index in [1.807, 2.05) is 0 Å². The molecule has 9 nitrogen and oxygen atoms in total. The van der Waals surface area contributed by atoms with Gasteiger partial charge in [0.05, 0.1) is 22.1 Å². The van der Waals surface area contributed by atoms with Crippen LogP contribution in [0, 0.1) is 12.7 Å². The third-order valence-electron chi connectivity index (χ3n) is 5.60. The van der Waals surface area contributed by atoms with E-state index in [9.17, 15) is 22.4 Å². The van der Waals surface area contributed by atoms with Crippen LogP contribution in [0.5, 0.6) is 0 Å².